The third-order valence-electron chi connectivity index (χ3n) is 5.42. The molecule has 0 atom stereocenters. The van der Waals surface area contributed by atoms with E-state index in [0.29, 0.717) is 18.0 Å². The SMILES string of the molecule is CNC(=O)CN(CC1CCN(Cc2cccc(Oc3ccc(F)cc3)c2)CC1)C(=O)O. The van der Waals surface area contributed by atoms with Crippen LogP contribution in [0.4, 0.5) is 9.18 Å². The molecule has 1 aliphatic rings. The molecule has 1 heterocycles. The van der Waals surface area contributed by atoms with Gasteiger partial charge in [-0.05, 0) is 73.8 Å². The quantitative estimate of drug-likeness (QED) is 0.671. The van der Waals surface area contributed by atoms with Crippen molar-refractivity contribution in [2.45, 2.75) is 19.4 Å². The van der Waals surface area contributed by atoms with E-state index in [4.69, 9.17) is 4.74 Å². The number of halogens is 1. The molecule has 1 aliphatic heterocycles. The lowest BCUT2D eigenvalue weighted by atomic mass is 9.96. The van der Waals surface area contributed by atoms with Gasteiger partial charge in [0, 0.05) is 20.1 Å². The van der Waals surface area contributed by atoms with Crippen LogP contribution in [-0.4, -0.2) is 60.1 Å². The van der Waals surface area contributed by atoms with E-state index in [1.807, 2.05) is 24.3 Å². The summed E-state index contributed by atoms with van der Waals surface area (Å²) in [5.41, 5.74) is 1.12. The highest BCUT2D eigenvalue weighted by Gasteiger charge is 2.24. The number of likely N-dealkylation sites (N-methyl/N-ethyl adjacent to an activating group) is 1. The maximum atomic E-state index is 13.0. The minimum absolute atomic E-state index is 0.132. The molecule has 3 rings (SSSR count). The van der Waals surface area contributed by atoms with Crippen LogP contribution in [0.5, 0.6) is 11.5 Å². The average Bonchev–Trinajstić information content (AvgIpc) is 2.76. The zero-order valence-electron chi connectivity index (χ0n) is 17.6. The van der Waals surface area contributed by atoms with Crippen LogP contribution < -0.4 is 10.1 Å². The van der Waals surface area contributed by atoms with Crippen molar-refractivity contribution >= 4 is 12.0 Å². The Labute approximate surface area is 181 Å². The Morgan fingerprint density at radius 3 is 2.52 bits per heavy atom. The van der Waals surface area contributed by atoms with Gasteiger partial charge in [-0.2, -0.15) is 0 Å². The fourth-order valence-electron chi connectivity index (χ4n) is 3.71. The Bertz CT molecular complexity index is 883. The molecule has 31 heavy (non-hydrogen) atoms. The molecule has 2 aromatic rings. The number of carbonyl (C=O) groups excluding carboxylic acids is 1. The van der Waals surface area contributed by atoms with Gasteiger partial charge in [0.1, 0.15) is 23.9 Å². The van der Waals surface area contributed by atoms with Crippen LogP contribution in [0.15, 0.2) is 48.5 Å². The third-order valence-corrected chi connectivity index (χ3v) is 5.42. The first-order chi connectivity index (χ1) is 14.9. The standard InChI is InChI=1S/C23H28FN3O4/c1-25-22(28)16-27(23(29)30)15-17-9-11-26(12-10-17)14-18-3-2-4-21(13-18)31-20-7-5-19(24)6-8-20/h2-8,13,17H,9-12,14-16H2,1H3,(H,25,28)(H,29,30). The van der Waals surface area contributed by atoms with Crippen LogP contribution in [0.3, 0.4) is 0 Å². The first kappa shape index (κ1) is 22.6. The number of ether oxygens (including phenoxy) is 1. The number of nitrogens with one attached hydrogen (secondary N) is 1. The molecule has 0 aromatic heterocycles. The highest BCUT2D eigenvalue weighted by molar-refractivity contribution is 5.81. The number of rotatable bonds is 8. The van der Waals surface area contributed by atoms with Gasteiger partial charge in [0.2, 0.25) is 5.91 Å². The van der Waals surface area contributed by atoms with Crippen molar-refractivity contribution in [2.75, 3.05) is 33.2 Å². The molecule has 0 aliphatic carbocycles. The van der Waals surface area contributed by atoms with E-state index in [0.717, 1.165) is 38.0 Å². The third kappa shape index (κ3) is 6.96. The van der Waals surface area contributed by atoms with Gasteiger partial charge in [-0.25, -0.2) is 9.18 Å². The lowest BCUT2D eigenvalue weighted by Gasteiger charge is -2.34. The summed E-state index contributed by atoms with van der Waals surface area (Å²) in [6.07, 6.45) is 0.691. The molecule has 1 fully saturated rings. The number of carboxylic acid groups (broad SMARTS) is 1. The van der Waals surface area contributed by atoms with E-state index in [1.165, 1.54) is 24.1 Å². The molecule has 0 bridgehead atoms. The van der Waals surface area contributed by atoms with Gasteiger partial charge in [0.25, 0.3) is 0 Å². The van der Waals surface area contributed by atoms with Crippen molar-refractivity contribution in [3.8, 4) is 11.5 Å². The number of piperidine rings is 1. The largest absolute Gasteiger partial charge is 0.465 e. The van der Waals surface area contributed by atoms with Crippen LogP contribution in [0.25, 0.3) is 0 Å². The maximum Gasteiger partial charge on any atom is 0.407 e. The second kappa shape index (κ2) is 10.8. The van der Waals surface area contributed by atoms with E-state index < -0.39 is 6.09 Å². The van der Waals surface area contributed by atoms with Crippen molar-refractivity contribution in [3.05, 3.63) is 59.9 Å². The van der Waals surface area contributed by atoms with E-state index in [9.17, 15) is 19.1 Å². The topological polar surface area (TPSA) is 82.1 Å². The van der Waals surface area contributed by atoms with Crippen LogP contribution in [0.1, 0.15) is 18.4 Å². The van der Waals surface area contributed by atoms with Crippen molar-refractivity contribution in [1.29, 1.82) is 0 Å². The first-order valence-electron chi connectivity index (χ1n) is 10.4. The Morgan fingerprint density at radius 2 is 1.87 bits per heavy atom. The Balaban J connectivity index is 1.49. The van der Waals surface area contributed by atoms with Gasteiger partial charge in [0.15, 0.2) is 0 Å². The second-order valence-electron chi connectivity index (χ2n) is 7.76. The summed E-state index contributed by atoms with van der Waals surface area (Å²) in [6.45, 7) is 2.74. The number of benzene rings is 2. The number of hydrogen-bond acceptors (Lipinski definition) is 4. The molecule has 2 aromatic carbocycles. The fourth-order valence-corrected chi connectivity index (χ4v) is 3.71. The van der Waals surface area contributed by atoms with Crippen molar-refractivity contribution in [3.63, 3.8) is 0 Å². The van der Waals surface area contributed by atoms with Crippen molar-refractivity contribution in [2.24, 2.45) is 5.92 Å². The lowest BCUT2D eigenvalue weighted by molar-refractivity contribution is -0.121. The summed E-state index contributed by atoms with van der Waals surface area (Å²) in [4.78, 5) is 26.5. The predicted molar refractivity (Wildman–Crippen MR) is 115 cm³/mol. The van der Waals surface area contributed by atoms with Gasteiger partial charge >= 0.3 is 6.09 Å². The van der Waals surface area contributed by atoms with Gasteiger partial charge in [0.05, 0.1) is 0 Å². The zero-order chi connectivity index (χ0) is 22.2. The molecule has 0 radical (unpaired) electrons. The van der Waals surface area contributed by atoms with Gasteiger partial charge in [-0.1, -0.05) is 12.1 Å². The summed E-state index contributed by atoms with van der Waals surface area (Å²) in [5, 5.41) is 11.8. The Kier molecular flexibility index (Phi) is 7.83. The number of nitrogens with zero attached hydrogens (tertiary/aromatic N) is 2. The highest BCUT2D eigenvalue weighted by atomic mass is 19.1. The molecule has 7 nitrogen and oxygen atoms in total. The summed E-state index contributed by atoms with van der Waals surface area (Å²) in [6, 6.07) is 13.7. The molecule has 2 N–H and O–H groups in total. The minimum atomic E-state index is -1.07. The van der Waals surface area contributed by atoms with Crippen molar-refractivity contribution in [1.82, 2.24) is 15.1 Å². The van der Waals surface area contributed by atoms with Crippen LogP contribution >= 0.6 is 0 Å². The smallest absolute Gasteiger partial charge is 0.407 e. The zero-order valence-corrected chi connectivity index (χ0v) is 17.6. The Morgan fingerprint density at radius 1 is 1.16 bits per heavy atom. The molecule has 0 spiro atoms. The molecule has 2 amide bonds. The highest BCUT2D eigenvalue weighted by Crippen LogP contribution is 2.25. The molecule has 8 heteroatoms. The summed E-state index contributed by atoms with van der Waals surface area (Å²) in [5.74, 6) is 0.918. The van der Waals surface area contributed by atoms with Crippen molar-refractivity contribution < 1.29 is 23.8 Å². The predicted octanol–water partition coefficient (Wildman–Crippen LogP) is 3.56. The summed E-state index contributed by atoms with van der Waals surface area (Å²) >= 11 is 0. The van der Waals surface area contributed by atoms with E-state index >= 15 is 0 Å². The second-order valence-corrected chi connectivity index (χ2v) is 7.76. The number of hydrogen-bond donors (Lipinski definition) is 2. The van der Waals surface area contributed by atoms with Gasteiger partial charge < -0.3 is 15.2 Å². The molecule has 1 saturated heterocycles. The number of amides is 2. The summed E-state index contributed by atoms with van der Waals surface area (Å²) in [7, 11) is 1.50. The molecular formula is C23H28FN3O4. The van der Waals surface area contributed by atoms with Crippen LogP contribution in [-0.2, 0) is 11.3 Å². The summed E-state index contributed by atoms with van der Waals surface area (Å²) < 4.78 is 18.9. The fraction of sp³-hybridized carbons (Fsp3) is 0.391. The maximum absolute atomic E-state index is 13.0. The monoisotopic (exact) mass is 429 g/mol. The van der Waals surface area contributed by atoms with E-state index in [-0.39, 0.29) is 24.2 Å². The molecule has 166 valence electrons. The normalized spacial score (nSPS) is 14.8. The minimum Gasteiger partial charge on any atom is -0.465 e. The molecule has 0 saturated carbocycles. The van der Waals surface area contributed by atoms with Crippen LogP contribution in [0, 0.1) is 11.7 Å². The van der Waals surface area contributed by atoms with Gasteiger partial charge in [-0.15, -0.1) is 0 Å². The lowest BCUT2D eigenvalue weighted by Crippen LogP contribution is -2.44. The van der Waals surface area contributed by atoms with Gasteiger partial charge in [-0.3, -0.25) is 14.6 Å². The average molecular weight is 429 g/mol. The van der Waals surface area contributed by atoms with E-state index in [1.54, 1.807) is 12.1 Å². The Hall–Kier alpha value is -3.13. The van der Waals surface area contributed by atoms with E-state index in [2.05, 4.69) is 10.2 Å². The van der Waals surface area contributed by atoms with Crippen LogP contribution in [0.2, 0.25) is 0 Å². The first-order valence-corrected chi connectivity index (χ1v) is 10.4. The molecule has 0 unspecified atom stereocenters. The number of likely N-dealkylation sites (tertiary alicyclic amines) is 1. The molecular weight excluding hydrogens is 401 g/mol. The number of carbonyl (C=O) groups is 2.